The SMILES string of the molecule is CCCCCCCCCCCCCCCc1cc(OC(=O)CCCCCCCCCCCCCC)ccc1[N+](=O)[O-]. The lowest BCUT2D eigenvalue weighted by molar-refractivity contribution is -0.385. The Bertz CT molecular complexity index is 779. The third-order valence-corrected chi connectivity index (χ3v) is 8.26. The molecule has 0 atom stereocenters. The Morgan fingerprint density at radius 3 is 1.41 bits per heavy atom. The summed E-state index contributed by atoms with van der Waals surface area (Å²) in [5.74, 6) is 0.196. The number of rotatable bonds is 29. The molecule has 1 aromatic rings. The van der Waals surface area contributed by atoms with E-state index in [-0.39, 0.29) is 16.6 Å². The Morgan fingerprint density at radius 1 is 0.610 bits per heavy atom. The Balaban J connectivity index is 2.17. The largest absolute Gasteiger partial charge is 0.427 e. The van der Waals surface area contributed by atoms with Gasteiger partial charge in [0.2, 0.25) is 0 Å². The van der Waals surface area contributed by atoms with Crippen LogP contribution < -0.4 is 4.74 Å². The number of ether oxygens (including phenoxy) is 1. The molecule has 1 rings (SSSR count). The highest BCUT2D eigenvalue weighted by Crippen LogP contribution is 2.27. The van der Waals surface area contributed by atoms with Gasteiger partial charge in [0, 0.05) is 18.1 Å². The molecule has 0 heterocycles. The molecule has 0 saturated heterocycles. The monoisotopic (exact) mass is 573 g/mol. The Labute approximate surface area is 252 Å². The van der Waals surface area contributed by atoms with Gasteiger partial charge in [-0.2, -0.15) is 0 Å². The molecule has 5 heteroatoms. The highest BCUT2D eigenvalue weighted by atomic mass is 16.6. The van der Waals surface area contributed by atoms with E-state index in [0.29, 0.717) is 24.2 Å². The van der Waals surface area contributed by atoms with Crippen LogP contribution in [0.4, 0.5) is 5.69 Å². The fourth-order valence-corrected chi connectivity index (χ4v) is 5.63. The zero-order valence-electron chi connectivity index (χ0n) is 26.9. The van der Waals surface area contributed by atoms with Crippen LogP contribution in [0.25, 0.3) is 0 Å². The van der Waals surface area contributed by atoms with Gasteiger partial charge in [-0.3, -0.25) is 14.9 Å². The van der Waals surface area contributed by atoms with E-state index in [1.165, 1.54) is 141 Å². The molecule has 0 saturated carbocycles. The average Bonchev–Trinajstić information content (AvgIpc) is 2.96. The zero-order valence-corrected chi connectivity index (χ0v) is 26.9. The average molecular weight is 574 g/mol. The fourth-order valence-electron chi connectivity index (χ4n) is 5.63. The highest BCUT2D eigenvalue weighted by Gasteiger charge is 2.16. The molecule has 0 amide bonds. The predicted octanol–water partition coefficient (Wildman–Crippen LogP) is 12.2. The lowest BCUT2D eigenvalue weighted by Crippen LogP contribution is -2.08. The summed E-state index contributed by atoms with van der Waals surface area (Å²) < 4.78 is 5.55. The van der Waals surface area contributed by atoms with E-state index in [0.717, 1.165) is 25.7 Å². The summed E-state index contributed by atoms with van der Waals surface area (Å²) in [5.41, 5.74) is 0.804. The summed E-state index contributed by atoms with van der Waals surface area (Å²) in [4.78, 5) is 23.6. The third-order valence-electron chi connectivity index (χ3n) is 8.26. The molecule has 0 spiro atoms. The molecular formula is C36H63NO4. The minimum absolute atomic E-state index is 0.129. The first kappa shape index (κ1) is 37.1. The van der Waals surface area contributed by atoms with Crippen molar-refractivity contribution in [1.29, 1.82) is 0 Å². The number of carbonyl (C=O) groups is 1. The summed E-state index contributed by atoms with van der Waals surface area (Å²) in [6.07, 6.45) is 32.8. The van der Waals surface area contributed by atoms with E-state index in [2.05, 4.69) is 13.8 Å². The molecule has 5 nitrogen and oxygen atoms in total. The molecule has 0 unspecified atom stereocenters. The molecule has 0 aromatic heterocycles. The van der Waals surface area contributed by atoms with Crippen LogP contribution in [-0.4, -0.2) is 10.9 Å². The predicted molar refractivity (Wildman–Crippen MR) is 174 cm³/mol. The number of aryl methyl sites for hydroxylation is 1. The van der Waals surface area contributed by atoms with E-state index in [1.807, 2.05) is 0 Å². The molecule has 236 valence electrons. The van der Waals surface area contributed by atoms with Gasteiger partial charge >= 0.3 is 5.97 Å². The summed E-state index contributed by atoms with van der Waals surface area (Å²) in [6.45, 7) is 4.52. The van der Waals surface area contributed by atoms with E-state index in [1.54, 1.807) is 12.1 Å². The summed E-state index contributed by atoms with van der Waals surface area (Å²) in [5, 5.41) is 11.5. The van der Waals surface area contributed by atoms with Crippen molar-refractivity contribution >= 4 is 11.7 Å². The Morgan fingerprint density at radius 2 is 1.00 bits per heavy atom. The number of nitro groups is 1. The maximum atomic E-state index is 12.4. The number of esters is 1. The van der Waals surface area contributed by atoms with E-state index < -0.39 is 0 Å². The van der Waals surface area contributed by atoms with Crippen molar-refractivity contribution in [2.45, 2.75) is 187 Å². The number of benzene rings is 1. The van der Waals surface area contributed by atoms with Crippen molar-refractivity contribution in [2.75, 3.05) is 0 Å². The van der Waals surface area contributed by atoms with Gasteiger partial charge < -0.3 is 4.74 Å². The van der Waals surface area contributed by atoms with Crippen LogP contribution in [0, 0.1) is 10.1 Å². The summed E-state index contributed by atoms with van der Waals surface area (Å²) in [7, 11) is 0. The fraction of sp³-hybridized carbons (Fsp3) is 0.806. The molecule has 0 fully saturated rings. The number of hydrogen-bond donors (Lipinski definition) is 0. The van der Waals surface area contributed by atoms with Crippen LogP contribution in [0.15, 0.2) is 18.2 Å². The second-order valence-electron chi connectivity index (χ2n) is 12.2. The van der Waals surface area contributed by atoms with Crippen LogP contribution in [0.5, 0.6) is 5.75 Å². The van der Waals surface area contributed by atoms with Crippen LogP contribution in [0.1, 0.15) is 186 Å². The quantitative estimate of drug-likeness (QED) is 0.0314. The van der Waals surface area contributed by atoms with Crippen LogP contribution in [-0.2, 0) is 11.2 Å². The van der Waals surface area contributed by atoms with Crippen LogP contribution in [0.3, 0.4) is 0 Å². The molecule has 0 bridgehead atoms. The van der Waals surface area contributed by atoms with Crippen LogP contribution in [0.2, 0.25) is 0 Å². The van der Waals surface area contributed by atoms with Gasteiger partial charge in [-0.15, -0.1) is 0 Å². The van der Waals surface area contributed by atoms with Crippen LogP contribution >= 0.6 is 0 Å². The summed E-state index contributed by atoms with van der Waals surface area (Å²) >= 11 is 0. The number of nitrogens with zero attached hydrogens (tertiary/aromatic N) is 1. The van der Waals surface area contributed by atoms with Crippen molar-refractivity contribution < 1.29 is 14.5 Å². The van der Waals surface area contributed by atoms with E-state index >= 15 is 0 Å². The number of hydrogen-bond acceptors (Lipinski definition) is 4. The van der Waals surface area contributed by atoms with Gasteiger partial charge in [0.05, 0.1) is 4.92 Å². The van der Waals surface area contributed by atoms with Gasteiger partial charge in [-0.05, 0) is 31.4 Å². The number of nitro benzene ring substituents is 1. The second kappa shape index (κ2) is 27.0. The summed E-state index contributed by atoms with van der Waals surface area (Å²) in [6, 6.07) is 4.76. The van der Waals surface area contributed by atoms with Crippen molar-refractivity contribution in [1.82, 2.24) is 0 Å². The van der Waals surface area contributed by atoms with Gasteiger partial charge in [-0.1, -0.05) is 162 Å². The number of unbranched alkanes of at least 4 members (excludes halogenated alkanes) is 23. The molecule has 0 aliphatic carbocycles. The highest BCUT2D eigenvalue weighted by molar-refractivity contribution is 5.72. The van der Waals surface area contributed by atoms with Crippen molar-refractivity contribution in [3.05, 3.63) is 33.9 Å². The van der Waals surface area contributed by atoms with Gasteiger partial charge in [0.25, 0.3) is 5.69 Å². The van der Waals surface area contributed by atoms with Gasteiger partial charge in [0.1, 0.15) is 5.75 Å². The molecule has 0 N–H and O–H groups in total. The standard InChI is InChI=1S/C36H63NO4/c1-3-5-7-9-11-13-15-17-18-20-22-24-26-28-33-32-34(30-31-35(33)37(39)40)41-36(38)29-27-25-23-21-19-16-14-12-10-8-6-4-2/h30-32H,3-29H2,1-2H3. The molecule has 0 aliphatic heterocycles. The van der Waals surface area contributed by atoms with Crippen molar-refractivity contribution in [3.63, 3.8) is 0 Å². The molecular weight excluding hydrogens is 510 g/mol. The van der Waals surface area contributed by atoms with Gasteiger partial charge in [0.15, 0.2) is 0 Å². The first-order valence-corrected chi connectivity index (χ1v) is 17.6. The van der Waals surface area contributed by atoms with E-state index in [9.17, 15) is 14.9 Å². The second-order valence-corrected chi connectivity index (χ2v) is 12.2. The first-order valence-electron chi connectivity index (χ1n) is 17.6. The normalized spacial score (nSPS) is 11.2. The third kappa shape index (κ3) is 21.5. The minimum atomic E-state index is -0.324. The minimum Gasteiger partial charge on any atom is -0.427 e. The molecule has 41 heavy (non-hydrogen) atoms. The first-order chi connectivity index (χ1) is 20.1. The van der Waals surface area contributed by atoms with Crippen molar-refractivity contribution in [3.8, 4) is 5.75 Å². The maximum Gasteiger partial charge on any atom is 0.311 e. The maximum absolute atomic E-state index is 12.4. The van der Waals surface area contributed by atoms with Gasteiger partial charge in [-0.25, -0.2) is 0 Å². The molecule has 0 radical (unpaired) electrons. The lowest BCUT2D eigenvalue weighted by Gasteiger charge is -2.08. The Hall–Kier alpha value is -1.91. The lowest BCUT2D eigenvalue weighted by atomic mass is 10.0. The molecule has 1 aromatic carbocycles. The van der Waals surface area contributed by atoms with Crippen molar-refractivity contribution in [2.24, 2.45) is 0 Å². The smallest absolute Gasteiger partial charge is 0.311 e. The Kier molecular flexibility index (Phi) is 24.4. The van der Waals surface area contributed by atoms with E-state index in [4.69, 9.17) is 4.74 Å². The molecule has 0 aliphatic rings. The topological polar surface area (TPSA) is 69.4 Å². The zero-order chi connectivity index (χ0) is 29.8. The number of carbonyl (C=O) groups excluding carboxylic acids is 1.